The molecule has 1 aromatic heterocycles. The van der Waals surface area contributed by atoms with E-state index in [0.717, 1.165) is 32.2 Å². The number of carbonyl (C=O) groups is 1. The minimum atomic E-state index is 0.135. The van der Waals surface area contributed by atoms with Gasteiger partial charge in [-0.05, 0) is 37.1 Å². The third-order valence-corrected chi connectivity index (χ3v) is 3.61. The van der Waals surface area contributed by atoms with Gasteiger partial charge in [0.15, 0.2) is 0 Å². The van der Waals surface area contributed by atoms with E-state index in [1.165, 1.54) is 9.94 Å². The quantitative estimate of drug-likeness (QED) is 0.808. The topological polar surface area (TPSA) is 29.5 Å². The van der Waals surface area contributed by atoms with Crippen molar-refractivity contribution < 1.29 is 9.63 Å². The monoisotopic (exact) mass is 239 g/mol. The van der Waals surface area contributed by atoms with E-state index in [9.17, 15) is 4.79 Å². The molecule has 1 fully saturated rings. The smallest absolute Gasteiger partial charge is 0.246 e. The highest BCUT2D eigenvalue weighted by Crippen LogP contribution is 2.13. The van der Waals surface area contributed by atoms with Crippen LogP contribution < -0.4 is 0 Å². The Morgan fingerprint density at radius 3 is 3.12 bits per heavy atom. The molecule has 0 atom stereocenters. The second kappa shape index (κ2) is 6.01. The Morgan fingerprint density at radius 1 is 1.50 bits per heavy atom. The average Bonchev–Trinajstić information content (AvgIpc) is 2.83. The first-order valence-electron chi connectivity index (χ1n) is 5.82. The summed E-state index contributed by atoms with van der Waals surface area (Å²) >= 11 is 1.75. The van der Waals surface area contributed by atoms with Crippen molar-refractivity contribution in [1.29, 1.82) is 0 Å². The molecule has 1 aliphatic rings. The number of rotatable bonds is 4. The maximum Gasteiger partial charge on any atom is 0.246 e. The van der Waals surface area contributed by atoms with Crippen LogP contribution in [0.1, 0.15) is 30.6 Å². The minimum Gasteiger partial charge on any atom is -0.273 e. The van der Waals surface area contributed by atoms with Crippen LogP contribution in [-0.2, 0) is 16.1 Å². The van der Waals surface area contributed by atoms with Gasteiger partial charge in [-0.2, -0.15) is 0 Å². The highest BCUT2D eigenvalue weighted by atomic mass is 32.1. The first-order valence-corrected chi connectivity index (χ1v) is 6.70. The molecule has 0 aliphatic carbocycles. The number of hydrogen-bond donors (Lipinski definition) is 0. The van der Waals surface area contributed by atoms with E-state index in [1.54, 1.807) is 11.3 Å². The zero-order valence-corrected chi connectivity index (χ0v) is 10.2. The van der Waals surface area contributed by atoms with Crippen LogP contribution in [0.4, 0.5) is 0 Å². The molecule has 1 amide bonds. The number of carbonyl (C=O) groups excluding carboxylic acids is 1. The zero-order chi connectivity index (χ0) is 11.2. The molecule has 0 bridgehead atoms. The lowest BCUT2D eigenvalue weighted by molar-refractivity contribution is -0.197. The second-order valence-electron chi connectivity index (χ2n) is 3.97. The summed E-state index contributed by atoms with van der Waals surface area (Å²) in [5.41, 5.74) is 0. The number of hydroxylamine groups is 2. The van der Waals surface area contributed by atoms with Crippen molar-refractivity contribution in [2.24, 2.45) is 0 Å². The Balaban J connectivity index is 1.67. The van der Waals surface area contributed by atoms with E-state index < -0.39 is 0 Å². The fourth-order valence-electron chi connectivity index (χ4n) is 1.79. The lowest BCUT2D eigenvalue weighted by Gasteiger charge is -2.25. The molecule has 16 heavy (non-hydrogen) atoms. The van der Waals surface area contributed by atoms with Gasteiger partial charge in [0, 0.05) is 17.8 Å². The summed E-state index contributed by atoms with van der Waals surface area (Å²) in [7, 11) is 0. The highest BCUT2D eigenvalue weighted by molar-refractivity contribution is 7.09. The van der Waals surface area contributed by atoms with Crippen molar-refractivity contribution >= 4 is 17.2 Å². The molecule has 0 N–H and O–H groups in total. The van der Waals surface area contributed by atoms with Gasteiger partial charge in [0.2, 0.25) is 5.91 Å². The molecule has 88 valence electrons. The third kappa shape index (κ3) is 3.32. The highest BCUT2D eigenvalue weighted by Gasteiger charge is 2.16. The summed E-state index contributed by atoms with van der Waals surface area (Å²) in [5, 5.41) is 3.61. The van der Waals surface area contributed by atoms with Gasteiger partial charge in [-0.25, -0.2) is 5.06 Å². The van der Waals surface area contributed by atoms with Gasteiger partial charge >= 0.3 is 0 Å². The van der Waals surface area contributed by atoms with E-state index in [1.807, 2.05) is 0 Å². The SMILES string of the molecule is O=C(CCCc1cccs1)N1CCCCO1. The van der Waals surface area contributed by atoms with E-state index >= 15 is 0 Å². The molecule has 0 spiro atoms. The van der Waals surface area contributed by atoms with Gasteiger partial charge < -0.3 is 0 Å². The van der Waals surface area contributed by atoms with Crippen molar-refractivity contribution in [3.8, 4) is 0 Å². The largest absolute Gasteiger partial charge is 0.273 e. The number of aryl methyl sites for hydroxylation is 1. The molecule has 1 aliphatic heterocycles. The number of amides is 1. The van der Waals surface area contributed by atoms with Gasteiger partial charge in [-0.3, -0.25) is 9.63 Å². The Morgan fingerprint density at radius 2 is 2.44 bits per heavy atom. The maximum absolute atomic E-state index is 11.7. The molecule has 3 nitrogen and oxygen atoms in total. The molecule has 1 aromatic rings. The van der Waals surface area contributed by atoms with Crippen LogP contribution in [0, 0.1) is 0 Å². The summed E-state index contributed by atoms with van der Waals surface area (Å²) in [6.45, 7) is 1.45. The molecular formula is C12H17NO2S. The summed E-state index contributed by atoms with van der Waals surface area (Å²) < 4.78 is 0. The number of hydrogen-bond acceptors (Lipinski definition) is 3. The predicted octanol–water partition coefficient (Wildman–Crippen LogP) is 2.62. The van der Waals surface area contributed by atoms with Crippen LogP contribution in [0.3, 0.4) is 0 Å². The maximum atomic E-state index is 11.7. The van der Waals surface area contributed by atoms with Crippen LogP contribution in [0.25, 0.3) is 0 Å². The fraction of sp³-hybridized carbons (Fsp3) is 0.583. The van der Waals surface area contributed by atoms with Crippen LogP contribution in [0.2, 0.25) is 0 Å². The molecule has 0 saturated carbocycles. The van der Waals surface area contributed by atoms with E-state index in [-0.39, 0.29) is 5.91 Å². The molecule has 4 heteroatoms. The lowest BCUT2D eigenvalue weighted by atomic mass is 10.2. The lowest BCUT2D eigenvalue weighted by Crippen LogP contribution is -2.35. The van der Waals surface area contributed by atoms with Crippen LogP contribution in [-0.4, -0.2) is 24.1 Å². The van der Waals surface area contributed by atoms with Crippen LogP contribution in [0.5, 0.6) is 0 Å². The van der Waals surface area contributed by atoms with Gasteiger partial charge in [0.05, 0.1) is 6.61 Å². The van der Waals surface area contributed by atoms with Gasteiger partial charge in [-0.15, -0.1) is 11.3 Å². The van der Waals surface area contributed by atoms with Crippen molar-refractivity contribution in [3.05, 3.63) is 22.4 Å². The third-order valence-electron chi connectivity index (χ3n) is 2.67. The first kappa shape index (κ1) is 11.6. The van der Waals surface area contributed by atoms with E-state index in [4.69, 9.17) is 4.84 Å². The fourth-order valence-corrected chi connectivity index (χ4v) is 2.54. The number of thiophene rings is 1. The Kier molecular flexibility index (Phi) is 4.36. The van der Waals surface area contributed by atoms with Crippen LogP contribution in [0.15, 0.2) is 17.5 Å². The summed E-state index contributed by atoms with van der Waals surface area (Å²) in [6, 6.07) is 4.17. The van der Waals surface area contributed by atoms with Crippen LogP contribution >= 0.6 is 11.3 Å². The molecule has 2 heterocycles. The predicted molar refractivity (Wildman–Crippen MR) is 64.2 cm³/mol. The molecule has 0 aromatic carbocycles. The summed E-state index contributed by atoms with van der Waals surface area (Å²) in [5.74, 6) is 0.135. The van der Waals surface area contributed by atoms with Crippen molar-refractivity contribution in [3.63, 3.8) is 0 Å². The summed E-state index contributed by atoms with van der Waals surface area (Å²) in [6.07, 6.45) is 4.64. The summed E-state index contributed by atoms with van der Waals surface area (Å²) in [4.78, 5) is 18.4. The van der Waals surface area contributed by atoms with Gasteiger partial charge in [0.1, 0.15) is 0 Å². The standard InChI is InChI=1S/C12H17NO2S/c14-12(13-8-1-2-9-15-13)7-3-5-11-6-4-10-16-11/h4,6,10H,1-3,5,7-9H2. The average molecular weight is 239 g/mol. The van der Waals surface area contributed by atoms with E-state index in [0.29, 0.717) is 13.0 Å². The number of nitrogens with zero attached hydrogens (tertiary/aromatic N) is 1. The Labute approximate surface area is 100.0 Å². The van der Waals surface area contributed by atoms with Crippen molar-refractivity contribution in [2.75, 3.05) is 13.2 Å². The second-order valence-corrected chi connectivity index (χ2v) is 5.00. The molecular weight excluding hydrogens is 222 g/mol. The zero-order valence-electron chi connectivity index (χ0n) is 9.35. The molecule has 0 unspecified atom stereocenters. The minimum absolute atomic E-state index is 0.135. The molecule has 0 radical (unpaired) electrons. The first-order chi connectivity index (χ1) is 7.86. The van der Waals surface area contributed by atoms with Crippen molar-refractivity contribution in [1.82, 2.24) is 5.06 Å². The van der Waals surface area contributed by atoms with E-state index in [2.05, 4.69) is 17.5 Å². The van der Waals surface area contributed by atoms with Gasteiger partial charge in [-0.1, -0.05) is 6.07 Å². The molecule has 1 saturated heterocycles. The normalized spacial score (nSPS) is 16.4. The Hall–Kier alpha value is -0.870. The molecule has 2 rings (SSSR count). The van der Waals surface area contributed by atoms with Gasteiger partial charge in [0.25, 0.3) is 0 Å². The Bertz CT molecular complexity index is 318. The van der Waals surface area contributed by atoms with Crippen molar-refractivity contribution in [2.45, 2.75) is 32.1 Å².